The molecular weight excluding hydrogens is 238 g/mol. The topological polar surface area (TPSA) is 66.3 Å². The predicted octanol–water partition coefficient (Wildman–Crippen LogP) is 1.82. The van der Waals surface area contributed by atoms with E-state index in [-0.39, 0.29) is 11.8 Å². The van der Waals surface area contributed by atoms with E-state index in [1.165, 1.54) is 11.5 Å². The van der Waals surface area contributed by atoms with Crippen LogP contribution < -0.4 is 4.90 Å². The third-order valence-electron chi connectivity index (χ3n) is 3.15. The zero-order chi connectivity index (χ0) is 12.6. The van der Waals surface area contributed by atoms with Crippen molar-refractivity contribution in [3.63, 3.8) is 0 Å². The van der Waals surface area contributed by atoms with Gasteiger partial charge in [0.15, 0.2) is 0 Å². The summed E-state index contributed by atoms with van der Waals surface area (Å²) in [5.41, 5.74) is 0. The summed E-state index contributed by atoms with van der Waals surface area (Å²) in [5.74, 6) is 0.320. The van der Waals surface area contributed by atoms with Crippen LogP contribution in [0.5, 0.6) is 0 Å². The fourth-order valence-electron chi connectivity index (χ4n) is 2.03. The molecule has 1 fully saturated rings. The van der Waals surface area contributed by atoms with Crippen molar-refractivity contribution >= 4 is 22.6 Å². The van der Waals surface area contributed by atoms with E-state index in [0.717, 1.165) is 17.5 Å². The first kappa shape index (κ1) is 12.3. The minimum atomic E-state index is -0.714. The SMILES string of the molecule is CC(C)c1nsc(N2CC(C)C(C(=O)O)C2)n1. The molecule has 0 amide bonds. The number of aromatic nitrogens is 2. The summed E-state index contributed by atoms with van der Waals surface area (Å²) in [5, 5.41) is 9.93. The Morgan fingerprint density at radius 1 is 1.53 bits per heavy atom. The highest BCUT2D eigenvalue weighted by Gasteiger charge is 2.36. The number of carboxylic acids is 1. The second kappa shape index (κ2) is 4.60. The Morgan fingerprint density at radius 2 is 2.24 bits per heavy atom. The maximum absolute atomic E-state index is 11.0. The van der Waals surface area contributed by atoms with E-state index in [2.05, 4.69) is 23.2 Å². The largest absolute Gasteiger partial charge is 0.481 e. The summed E-state index contributed by atoms with van der Waals surface area (Å²) in [6.07, 6.45) is 0. The van der Waals surface area contributed by atoms with E-state index in [1.54, 1.807) is 0 Å². The van der Waals surface area contributed by atoms with E-state index >= 15 is 0 Å². The summed E-state index contributed by atoms with van der Waals surface area (Å²) >= 11 is 1.36. The zero-order valence-electron chi connectivity index (χ0n) is 10.3. The second-order valence-corrected chi connectivity index (χ2v) is 5.65. The van der Waals surface area contributed by atoms with Gasteiger partial charge >= 0.3 is 5.97 Å². The molecule has 0 spiro atoms. The molecule has 2 rings (SSSR count). The van der Waals surface area contributed by atoms with Crippen LogP contribution in [-0.2, 0) is 4.79 Å². The van der Waals surface area contributed by atoms with Crippen LogP contribution in [0.25, 0.3) is 0 Å². The summed E-state index contributed by atoms with van der Waals surface area (Å²) in [6, 6.07) is 0. The van der Waals surface area contributed by atoms with Gasteiger partial charge in [-0.05, 0) is 5.92 Å². The van der Waals surface area contributed by atoms with Gasteiger partial charge in [-0.3, -0.25) is 4.79 Å². The van der Waals surface area contributed by atoms with Crippen molar-refractivity contribution in [2.45, 2.75) is 26.7 Å². The first-order chi connectivity index (χ1) is 7.99. The van der Waals surface area contributed by atoms with Crippen LogP contribution in [0.4, 0.5) is 5.13 Å². The number of anilines is 1. The minimum Gasteiger partial charge on any atom is -0.481 e. The van der Waals surface area contributed by atoms with Crippen molar-refractivity contribution < 1.29 is 9.90 Å². The molecule has 2 atom stereocenters. The minimum absolute atomic E-state index is 0.166. The van der Waals surface area contributed by atoms with E-state index in [0.29, 0.717) is 12.5 Å². The number of nitrogens with zero attached hydrogens (tertiary/aromatic N) is 3. The highest BCUT2D eigenvalue weighted by molar-refractivity contribution is 7.09. The standard InChI is InChI=1S/C11H17N3O2S/c1-6(2)9-12-11(17-13-9)14-4-7(3)8(5-14)10(15)16/h6-8H,4-5H2,1-3H3,(H,15,16). The Labute approximate surface area is 105 Å². The van der Waals surface area contributed by atoms with E-state index in [9.17, 15) is 4.79 Å². The summed E-state index contributed by atoms with van der Waals surface area (Å²) in [6.45, 7) is 7.38. The maximum atomic E-state index is 11.0. The fraction of sp³-hybridized carbons (Fsp3) is 0.727. The lowest BCUT2D eigenvalue weighted by Crippen LogP contribution is -2.22. The Balaban J connectivity index is 2.11. The monoisotopic (exact) mass is 255 g/mol. The molecule has 1 aliphatic rings. The smallest absolute Gasteiger partial charge is 0.308 e. The molecule has 1 aromatic heterocycles. The molecule has 1 N–H and O–H groups in total. The molecule has 2 heterocycles. The van der Waals surface area contributed by atoms with Gasteiger partial charge < -0.3 is 10.0 Å². The van der Waals surface area contributed by atoms with Crippen LogP contribution in [0.15, 0.2) is 0 Å². The van der Waals surface area contributed by atoms with Crippen LogP contribution in [0.2, 0.25) is 0 Å². The van der Waals surface area contributed by atoms with Crippen molar-refractivity contribution in [1.29, 1.82) is 0 Å². The van der Waals surface area contributed by atoms with Crippen molar-refractivity contribution in [3.05, 3.63) is 5.82 Å². The maximum Gasteiger partial charge on any atom is 0.308 e. The molecule has 1 saturated heterocycles. The van der Waals surface area contributed by atoms with Crippen molar-refractivity contribution in [3.8, 4) is 0 Å². The molecule has 1 aromatic rings. The summed E-state index contributed by atoms with van der Waals surface area (Å²) in [4.78, 5) is 17.5. The van der Waals surface area contributed by atoms with Crippen LogP contribution in [-0.4, -0.2) is 33.5 Å². The number of carbonyl (C=O) groups is 1. The van der Waals surface area contributed by atoms with Gasteiger partial charge in [-0.25, -0.2) is 4.98 Å². The first-order valence-corrected chi connectivity index (χ1v) is 6.57. The highest BCUT2D eigenvalue weighted by Crippen LogP contribution is 2.30. The molecule has 0 radical (unpaired) electrons. The predicted molar refractivity (Wildman–Crippen MR) is 66.5 cm³/mol. The Hall–Kier alpha value is -1.17. The molecule has 0 bridgehead atoms. The molecule has 1 aliphatic heterocycles. The average Bonchev–Trinajstić information content (AvgIpc) is 2.82. The number of aliphatic carboxylic acids is 1. The molecule has 0 aromatic carbocycles. The number of carboxylic acid groups (broad SMARTS) is 1. The molecule has 17 heavy (non-hydrogen) atoms. The van der Waals surface area contributed by atoms with Crippen molar-refractivity contribution in [1.82, 2.24) is 9.36 Å². The van der Waals surface area contributed by atoms with Gasteiger partial charge in [-0.1, -0.05) is 20.8 Å². The van der Waals surface area contributed by atoms with Gasteiger partial charge in [0.05, 0.1) is 5.92 Å². The fourth-order valence-corrected chi connectivity index (χ4v) is 2.86. The molecule has 5 nitrogen and oxygen atoms in total. The number of hydrogen-bond acceptors (Lipinski definition) is 5. The molecule has 6 heteroatoms. The number of hydrogen-bond donors (Lipinski definition) is 1. The lowest BCUT2D eigenvalue weighted by atomic mass is 9.99. The highest BCUT2D eigenvalue weighted by atomic mass is 32.1. The second-order valence-electron chi connectivity index (χ2n) is 4.92. The molecule has 0 aliphatic carbocycles. The van der Waals surface area contributed by atoms with Crippen LogP contribution in [0.1, 0.15) is 32.5 Å². The van der Waals surface area contributed by atoms with Gasteiger partial charge in [-0.15, -0.1) is 0 Å². The van der Waals surface area contributed by atoms with Crippen LogP contribution in [0, 0.1) is 11.8 Å². The van der Waals surface area contributed by atoms with Gasteiger partial charge in [-0.2, -0.15) is 4.37 Å². The van der Waals surface area contributed by atoms with E-state index < -0.39 is 5.97 Å². The summed E-state index contributed by atoms with van der Waals surface area (Å²) < 4.78 is 4.30. The lowest BCUT2D eigenvalue weighted by molar-refractivity contribution is -0.142. The zero-order valence-corrected chi connectivity index (χ0v) is 11.1. The molecular formula is C11H17N3O2S. The van der Waals surface area contributed by atoms with Crippen molar-refractivity contribution in [2.24, 2.45) is 11.8 Å². The first-order valence-electron chi connectivity index (χ1n) is 5.80. The van der Waals surface area contributed by atoms with Crippen molar-refractivity contribution in [2.75, 3.05) is 18.0 Å². The van der Waals surface area contributed by atoms with E-state index in [1.807, 2.05) is 11.8 Å². The molecule has 94 valence electrons. The lowest BCUT2D eigenvalue weighted by Gasteiger charge is -2.12. The Morgan fingerprint density at radius 3 is 2.71 bits per heavy atom. The third-order valence-corrected chi connectivity index (χ3v) is 3.94. The van der Waals surface area contributed by atoms with Gasteiger partial charge in [0, 0.05) is 30.5 Å². The van der Waals surface area contributed by atoms with Gasteiger partial charge in [0.2, 0.25) is 5.13 Å². The number of rotatable bonds is 3. The summed E-state index contributed by atoms with van der Waals surface area (Å²) in [7, 11) is 0. The third kappa shape index (κ3) is 2.41. The van der Waals surface area contributed by atoms with Crippen LogP contribution >= 0.6 is 11.5 Å². The Bertz CT molecular complexity index is 419. The van der Waals surface area contributed by atoms with E-state index in [4.69, 9.17) is 5.11 Å². The van der Waals surface area contributed by atoms with Crippen LogP contribution in [0.3, 0.4) is 0 Å². The molecule has 0 saturated carbocycles. The van der Waals surface area contributed by atoms with Gasteiger partial charge in [0.1, 0.15) is 5.82 Å². The molecule has 2 unspecified atom stereocenters. The average molecular weight is 255 g/mol. The Kier molecular flexibility index (Phi) is 3.33. The normalized spacial score (nSPS) is 24.6. The quantitative estimate of drug-likeness (QED) is 0.892. The van der Waals surface area contributed by atoms with Gasteiger partial charge in [0.25, 0.3) is 0 Å².